The van der Waals surface area contributed by atoms with Gasteiger partial charge in [-0.2, -0.15) is 0 Å². The van der Waals surface area contributed by atoms with E-state index >= 15 is 0 Å². The number of carbonyl (C=O) groups is 2. The molecule has 0 atom stereocenters. The number of hydrogen-bond acceptors (Lipinski definition) is 4. The number of ether oxygens (including phenoxy) is 1. The molecule has 6 heteroatoms. The van der Waals surface area contributed by atoms with Crippen molar-refractivity contribution in [3.8, 4) is 0 Å². The molecule has 1 saturated heterocycles. The molecule has 0 aromatic heterocycles. The molecule has 2 rings (SSSR count). The first-order chi connectivity index (χ1) is 10.1. The molecule has 1 aliphatic rings. The second-order valence-electron chi connectivity index (χ2n) is 5.10. The summed E-state index contributed by atoms with van der Waals surface area (Å²) in [5.74, 6) is -1.44. The summed E-state index contributed by atoms with van der Waals surface area (Å²) >= 11 is 0. The fourth-order valence-electron chi connectivity index (χ4n) is 2.34. The number of benzene rings is 1. The van der Waals surface area contributed by atoms with Crippen molar-refractivity contribution in [3.63, 3.8) is 0 Å². The lowest BCUT2D eigenvalue weighted by atomic mass is 10.2. The van der Waals surface area contributed by atoms with Crippen LogP contribution in [0.1, 0.15) is 36.0 Å². The molecule has 1 fully saturated rings. The zero-order valence-electron chi connectivity index (χ0n) is 11.8. The van der Waals surface area contributed by atoms with Crippen LogP contribution in [0.25, 0.3) is 0 Å². The minimum absolute atomic E-state index is 0.00206. The molecule has 1 aromatic carbocycles. The smallest absolute Gasteiger partial charge is 0.340 e. The Bertz CT molecular complexity index is 526. The highest BCUT2D eigenvalue weighted by Crippen LogP contribution is 2.15. The number of anilines is 1. The van der Waals surface area contributed by atoms with Crippen molar-refractivity contribution in [2.75, 3.05) is 25.4 Å². The Morgan fingerprint density at radius 1 is 1.19 bits per heavy atom. The number of esters is 1. The topological polar surface area (TPSA) is 72.6 Å². The summed E-state index contributed by atoms with van der Waals surface area (Å²) in [5, 5.41) is 0. The Hall–Kier alpha value is -2.11. The van der Waals surface area contributed by atoms with E-state index in [4.69, 9.17) is 10.5 Å². The lowest BCUT2D eigenvalue weighted by Crippen LogP contribution is -2.35. The van der Waals surface area contributed by atoms with Gasteiger partial charge < -0.3 is 15.4 Å². The van der Waals surface area contributed by atoms with Crippen molar-refractivity contribution in [1.82, 2.24) is 4.90 Å². The van der Waals surface area contributed by atoms with E-state index in [-0.39, 0.29) is 23.8 Å². The van der Waals surface area contributed by atoms with Gasteiger partial charge in [0.25, 0.3) is 5.91 Å². The Morgan fingerprint density at radius 2 is 1.86 bits per heavy atom. The van der Waals surface area contributed by atoms with Crippen LogP contribution in [0.5, 0.6) is 0 Å². The van der Waals surface area contributed by atoms with Crippen LogP contribution in [0, 0.1) is 5.82 Å². The van der Waals surface area contributed by atoms with Gasteiger partial charge in [-0.1, -0.05) is 12.8 Å². The van der Waals surface area contributed by atoms with Crippen LogP contribution < -0.4 is 5.73 Å². The van der Waals surface area contributed by atoms with Crippen molar-refractivity contribution >= 4 is 17.6 Å². The van der Waals surface area contributed by atoms with Crippen LogP contribution >= 0.6 is 0 Å². The van der Waals surface area contributed by atoms with E-state index in [0.29, 0.717) is 13.1 Å². The van der Waals surface area contributed by atoms with Crippen LogP contribution in [0.2, 0.25) is 0 Å². The number of nitrogens with zero attached hydrogens (tertiary/aromatic N) is 1. The maximum absolute atomic E-state index is 12.9. The van der Waals surface area contributed by atoms with Gasteiger partial charge >= 0.3 is 5.97 Å². The van der Waals surface area contributed by atoms with Crippen molar-refractivity contribution in [3.05, 3.63) is 29.6 Å². The predicted molar refractivity (Wildman–Crippen MR) is 76.1 cm³/mol. The van der Waals surface area contributed by atoms with Gasteiger partial charge in [0.05, 0.1) is 5.56 Å². The first kappa shape index (κ1) is 15.3. The van der Waals surface area contributed by atoms with E-state index in [9.17, 15) is 14.0 Å². The summed E-state index contributed by atoms with van der Waals surface area (Å²) in [5.41, 5.74) is 5.63. The minimum Gasteiger partial charge on any atom is -0.452 e. The van der Waals surface area contributed by atoms with Crippen LogP contribution in [0.4, 0.5) is 10.1 Å². The SMILES string of the molecule is Nc1cc(F)ccc1C(=O)OCC(=O)N1CCCCCC1. The maximum atomic E-state index is 12.9. The molecule has 0 aliphatic carbocycles. The average molecular weight is 294 g/mol. The molecular weight excluding hydrogens is 275 g/mol. The van der Waals surface area contributed by atoms with Crippen LogP contribution in [-0.4, -0.2) is 36.5 Å². The van der Waals surface area contributed by atoms with Crippen molar-refractivity contribution in [2.45, 2.75) is 25.7 Å². The van der Waals surface area contributed by atoms with Gasteiger partial charge in [-0.25, -0.2) is 9.18 Å². The molecule has 21 heavy (non-hydrogen) atoms. The van der Waals surface area contributed by atoms with Crippen LogP contribution in [-0.2, 0) is 9.53 Å². The maximum Gasteiger partial charge on any atom is 0.340 e. The standard InChI is InChI=1S/C15H19FN2O3/c16-11-5-6-12(13(17)9-11)15(20)21-10-14(19)18-7-3-1-2-4-8-18/h5-6,9H,1-4,7-8,10,17H2. The van der Waals surface area contributed by atoms with E-state index in [2.05, 4.69) is 0 Å². The third-order valence-electron chi connectivity index (χ3n) is 3.52. The Balaban J connectivity index is 1.89. The third-order valence-corrected chi connectivity index (χ3v) is 3.52. The number of likely N-dealkylation sites (tertiary alicyclic amines) is 1. The van der Waals surface area contributed by atoms with E-state index < -0.39 is 11.8 Å². The molecule has 2 N–H and O–H groups in total. The first-order valence-corrected chi connectivity index (χ1v) is 7.08. The van der Waals surface area contributed by atoms with Gasteiger partial charge in [0.2, 0.25) is 0 Å². The Kier molecular flexibility index (Phi) is 5.14. The molecule has 1 heterocycles. The van der Waals surface area contributed by atoms with Crippen molar-refractivity contribution in [2.24, 2.45) is 0 Å². The molecule has 0 bridgehead atoms. The number of rotatable bonds is 3. The van der Waals surface area contributed by atoms with E-state index in [1.54, 1.807) is 4.90 Å². The lowest BCUT2D eigenvalue weighted by molar-refractivity contribution is -0.134. The quantitative estimate of drug-likeness (QED) is 0.683. The number of hydrogen-bond donors (Lipinski definition) is 1. The van der Waals surface area contributed by atoms with E-state index in [1.165, 1.54) is 6.07 Å². The van der Waals surface area contributed by atoms with Crippen LogP contribution in [0.3, 0.4) is 0 Å². The van der Waals surface area contributed by atoms with Gasteiger partial charge in [-0.3, -0.25) is 4.79 Å². The van der Waals surface area contributed by atoms with Gasteiger partial charge in [-0.15, -0.1) is 0 Å². The Labute approximate surface area is 122 Å². The number of halogens is 1. The molecule has 1 amide bonds. The molecule has 1 aromatic rings. The molecule has 0 spiro atoms. The van der Waals surface area contributed by atoms with Gasteiger partial charge in [0.15, 0.2) is 6.61 Å². The normalized spacial score (nSPS) is 15.4. The van der Waals surface area contributed by atoms with Crippen molar-refractivity contribution < 1.29 is 18.7 Å². The van der Waals surface area contributed by atoms with E-state index in [1.807, 2.05) is 0 Å². The summed E-state index contributed by atoms with van der Waals surface area (Å²) in [6.07, 6.45) is 4.19. The van der Waals surface area contributed by atoms with Crippen molar-refractivity contribution in [1.29, 1.82) is 0 Å². The second-order valence-corrected chi connectivity index (χ2v) is 5.10. The molecule has 0 unspecified atom stereocenters. The average Bonchev–Trinajstić information content (AvgIpc) is 2.73. The summed E-state index contributed by atoms with van der Waals surface area (Å²) in [6.45, 7) is 1.10. The fraction of sp³-hybridized carbons (Fsp3) is 0.467. The largest absolute Gasteiger partial charge is 0.452 e. The lowest BCUT2D eigenvalue weighted by Gasteiger charge is -2.20. The molecule has 114 valence electrons. The highest BCUT2D eigenvalue weighted by atomic mass is 19.1. The summed E-state index contributed by atoms with van der Waals surface area (Å²) in [6, 6.07) is 3.43. The summed E-state index contributed by atoms with van der Waals surface area (Å²) in [7, 11) is 0. The van der Waals surface area contributed by atoms with E-state index in [0.717, 1.165) is 37.8 Å². The highest BCUT2D eigenvalue weighted by Gasteiger charge is 2.18. The number of nitrogen functional groups attached to an aromatic ring is 1. The third kappa shape index (κ3) is 4.18. The summed E-state index contributed by atoms with van der Waals surface area (Å²) in [4.78, 5) is 25.5. The summed E-state index contributed by atoms with van der Waals surface area (Å²) < 4.78 is 17.9. The zero-order valence-corrected chi connectivity index (χ0v) is 11.8. The zero-order chi connectivity index (χ0) is 15.2. The molecule has 1 aliphatic heterocycles. The van der Waals surface area contributed by atoms with Gasteiger partial charge in [0.1, 0.15) is 5.82 Å². The molecule has 0 radical (unpaired) electrons. The van der Waals surface area contributed by atoms with Crippen LogP contribution in [0.15, 0.2) is 18.2 Å². The number of carbonyl (C=O) groups excluding carboxylic acids is 2. The molecule has 5 nitrogen and oxygen atoms in total. The number of amides is 1. The monoisotopic (exact) mass is 294 g/mol. The molecule has 0 saturated carbocycles. The minimum atomic E-state index is -0.712. The second kappa shape index (κ2) is 7.06. The molecular formula is C15H19FN2O3. The first-order valence-electron chi connectivity index (χ1n) is 7.08. The van der Waals surface area contributed by atoms with Gasteiger partial charge in [-0.05, 0) is 31.0 Å². The highest BCUT2D eigenvalue weighted by molar-refractivity contribution is 5.96. The Morgan fingerprint density at radius 3 is 2.48 bits per heavy atom. The number of nitrogens with two attached hydrogens (primary N) is 1. The van der Waals surface area contributed by atoms with Gasteiger partial charge in [0, 0.05) is 18.8 Å². The fourth-order valence-corrected chi connectivity index (χ4v) is 2.34. The predicted octanol–water partition coefficient (Wildman–Crippen LogP) is 1.97.